The van der Waals surface area contributed by atoms with Crippen molar-refractivity contribution in [3.63, 3.8) is 0 Å². The van der Waals surface area contributed by atoms with E-state index in [-0.39, 0.29) is 25.0 Å². The number of carbonyl (C=O) groups excluding carboxylic acids is 1. The molecule has 0 saturated carbocycles. The van der Waals surface area contributed by atoms with Gasteiger partial charge < -0.3 is 19.8 Å². The van der Waals surface area contributed by atoms with Crippen molar-refractivity contribution in [1.82, 2.24) is 15.4 Å². The van der Waals surface area contributed by atoms with E-state index in [9.17, 15) is 9.59 Å². The summed E-state index contributed by atoms with van der Waals surface area (Å²) in [5, 5.41) is 15.0. The van der Waals surface area contributed by atoms with Crippen molar-refractivity contribution in [1.29, 1.82) is 0 Å². The van der Waals surface area contributed by atoms with Crippen molar-refractivity contribution in [2.75, 3.05) is 6.54 Å². The van der Waals surface area contributed by atoms with Crippen LogP contribution in [0, 0.1) is 0 Å². The minimum atomic E-state index is -0.855. The summed E-state index contributed by atoms with van der Waals surface area (Å²) < 4.78 is 4.67. The highest BCUT2D eigenvalue weighted by atomic mass is 16.5. The van der Waals surface area contributed by atoms with E-state index in [2.05, 4.69) is 15.0 Å². The molecule has 0 aromatic carbocycles. The van der Waals surface area contributed by atoms with Gasteiger partial charge in [-0.1, -0.05) is 5.16 Å². The summed E-state index contributed by atoms with van der Waals surface area (Å²) in [6.45, 7) is 4.47. The first-order chi connectivity index (χ1) is 9.00. The second-order valence-electron chi connectivity index (χ2n) is 4.43. The molecule has 1 aromatic heterocycles. The normalized spacial score (nSPS) is 10.5. The lowest BCUT2D eigenvalue weighted by Crippen LogP contribution is -2.44. The van der Waals surface area contributed by atoms with E-state index >= 15 is 0 Å². The summed E-state index contributed by atoms with van der Waals surface area (Å²) in [6.07, 6.45) is 1.93. The molecule has 106 valence electrons. The van der Waals surface area contributed by atoms with Crippen LogP contribution in [0.2, 0.25) is 0 Å². The molecule has 1 rings (SSSR count). The summed E-state index contributed by atoms with van der Waals surface area (Å²) in [5.41, 5.74) is 0.641. The molecule has 0 unspecified atom stereocenters. The van der Waals surface area contributed by atoms with E-state index in [0.29, 0.717) is 18.7 Å². The van der Waals surface area contributed by atoms with Gasteiger partial charge in [-0.3, -0.25) is 4.79 Å². The Hall–Kier alpha value is -2.05. The Labute approximate surface area is 111 Å². The van der Waals surface area contributed by atoms with Gasteiger partial charge in [-0.15, -0.1) is 0 Å². The Bertz CT molecular complexity index is 403. The number of aromatic nitrogens is 1. The average molecular weight is 269 g/mol. The molecule has 0 aliphatic rings. The van der Waals surface area contributed by atoms with Gasteiger partial charge in [0.15, 0.2) is 0 Å². The molecule has 0 bridgehead atoms. The van der Waals surface area contributed by atoms with E-state index in [4.69, 9.17) is 5.11 Å². The van der Waals surface area contributed by atoms with Crippen LogP contribution in [0.15, 0.2) is 16.9 Å². The van der Waals surface area contributed by atoms with E-state index < -0.39 is 5.97 Å². The number of rotatable bonds is 7. The third-order valence-corrected chi connectivity index (χ3v) is 2.59. The molecule has 0 aliphatic carbocycles. The SMILES string of the molecule is CC(C)N(CCCC(=O)O)C(=O)NCc1ccon1. The quantitative estimate of drug-likeness (QED) is 0.781. The molecule has 19 heavy (non-hydrogen) atoms. The fourth-order valence-corrected chi connectivity index (χ4v) is 1.59. The third-order valence-electron chi connectivity index (χ3n) is 2.59. The first kappa shape index (κ1) is 15.0. The van der Waals surface area contributed by atoms with Crippen LogP contribution >= 0.6 is 0 Å². The van der Waals surface area contributed by atoms with Crippen molar-refractivity contribution in [2.24, 2.45) is 0 Å². The second-order valence-corrected chi connectivity index (χ2v) is 4.43. The summed E-state index contributed by atoms with van der Waals surface area (Å²) in [6, 6.07) is 1.44. The van der Waals surface area contributed by atoms with E-state index in [1.807, 2.05) is 13.8 Å². The standard InChI is InChI=1S/C12H19N3O4/c1-9(2)15(6-3-4-11(16)17)12(18)13-8-10-5-7-19-14-10/h5,7,9H,3-4,6,8H2,1-2H3,(H,13,18)(H,16,17). The number of carboxylic acid groups (broad SMARTS) is 1. The number of nitrogens with one attached hydrogen (secondary N) is 1. The summed E-state index contributed by atoms with van der Waals surface area (Å²) in [4.78, 5) is 24.0. The number of aliphatic carboxylic acids is 1. The number of amides is 2. The molecule has 2 amide bonds. The fraction of sp³-hybridized carbons (Fsp3) is 0.583. The topological polar surface area (TPSA) is 95.7 Å². The molecule has 1 aromatic rings. The van der Waals surface area contributed by atoms with E-state index in [1.54, 1.807) is 11.0 Å². The van der Waals surface area contributed by atoms with Crippen molar-refractivity contribution in [2.45, 2.75) is 39.3 Å². The van der Waals surface area contributed by atoms with Crippen LogP contribution in [0.1, 0.15) is 32.4 Å². The Morgan fingerprint density at radius 1 is 1.53 bits per heavy atom. The van der Waals surface area contributed by atoms with Crippen LogP contribution in [-0.2, 0) is 11.3 Å². The lowest BCUT2D eigenvalue weighted by molar-refractivity contribution is -0.137. The average Bonchev–Trinajstić information content (AvgIpc) is 2.84. The number of hydrogen-bond donors (Lipinski definition) is 2. The molecule has 7 heteroatoms. The maximum atomic E-state index is 12.0. The molecule has 7 nitrogen and oxygen atoms in total. The maximum Gasteiger partial charge on any atom is 0.317 e. The summed E-state index contributed by atoms with van der Waals surface area (Å²) in [5.74, 6) is -0.855. The zero-order valence-electron chi connectivity index (χ0n) is 11.1. The highest BCUT2D eigenvalue weighted by molar-refractivity contribution is 5.74. The van der Waals surface area contributed by atoms with Gasteiger partial charge in [-0.05, 0) is 20.3 Å². The Morgan fingerprint density at radius 3 is 2.79 bits per heavy atom. The summed E-state index contributed by atoms with van der Waals surface area (Å²) in [7, 11) is 0. The van der Waals surface area contributed by atoms with Crippen LogP contribution in [0.5, 0.6) is 0 Å². The van der Waals surface area contributed by atoms with Gasteiger partial charge >= 0.3 is 12.0 Å². The van der Waals surface area contributed by atoms with Gasteiger partial charge in [0.1, 0.15) is 12.0 Å². The molecule has 0 radical (unpaired) electrons. The highest BCUT2D eigenvalue weighted by Crippen LogP contribution is 2.03. The van der Waals surface area contributed by atoms with Crippen LogP contribution in [0.25, 0.3) is 0 Å². The smallest absolute Gasteiger partial charge is 0.317 e. The molecular weight excluding hydrogens is 250 g/mol. The van der Waals surface area contributed by atoms with Gasteiger partial charge in [0, 0.05) is 25.1 Å². The van der Waals surface area contributed by atoms with Gasteiger partial charge in [0.2, 0.25) is 0 Å². The molecular formula is C12H19N3O4. The van der Waals surface area contributed by atoms with Gasteiger partial charge in [0.05, 0.1) is 6.54 Å². The maximum absolute atomic E-state index is 12.0. The zero-order chi connectivity index (χ0) is 14.3. The molecule has 0 fully saturated rings. The minimum absolute atomic E-state index is 0.00565. The molecule has 0 spiro atoms. The molecule has 0 saturated heterocycles. The zero-order valence-corrected chi connectivity index (χ0v) is 11.1. The Morgan fingerprint density at radius 2 is 2.26 bits per heavy atom. The molecule has 2 N–H and O–H groups in total. The number of urea groups is 1. The van der Waals surface area contributed by atoms with Crippen LogP contribution < -0.4 is 5.32 Å². The van der Waals surface area contributed by atoms with Crippen molar-refractivity contribution in [3.8, 4) is 0 Å². The van der Waals surface area contributed by atoms with Gasteiger partial charge in [-0.25, -0.2) is 4.79 Å². The summed E-state index contributed by atoms with van der Waals surface area (Å²) >= 11 is 0. The first-order valence-electron chi connectivity index (χ1n) is 6.16. The van der Waals surface area contributed by atoms with E-state index in [1.165, 1.54) is 6.26 Å². The second kappa shape index (κ2) is 7.40. The number of carboxylic acids is 1. The van der Waals surface area contributed by atoms with Crippen molar-refractivity contribution >= 4 is 12.0 Å². The van der Waals surface area contributed by atoms with Crippen molar-refractivity contribution < 1.29 is 19.2 Å². The number of hydrogen-bond acceptors (Lipinski definition) is 4. The molecule has 0 aliphatic heterocycles. The number of carbonyl (C=O) groups is 2. The van der Waals surface area contributed by atoms with E-state index in [0.717, 1.165) is 0 Å². The fourth-order valence-electron chi connectivity index (χ4n) is 1.59. The largest absolute Gasteiger partial charge is 0.481 e. The number of nitrogens with zero attached hydrogens (tertiary/aromatic N) is 2. The minimum Gasteiger partial charge on any atom is -0.481 e. The van der Waals surface area contributed by atoms with Crippen LogP contribution in [0.3, 0.4) is 0 Å². The monoisotopic (exact) mass is 269 g/mol. The van der Waals surface area contributed by atoms with Gasteiger partial charge in [0.25, 0.3) is 0 Å². The Balaban J connectivity index is 2.41. The first-order valence-corrected chi connectivity index (χ1v) is 6.16. The lowest BCUT2D eigenvalue weighted by atomic mass is 10.2. The van der Waals surface area contributed by atoms with Crippen LogP contribution in [-0.4, -0.2) is 39.8 Å². The highest BCUT2D eigenvalue weighted by Gasteiger charge is 2.16. The van der Waals surface area contributed by atoms with Crippen molar-refractivity contribution in [3.05, 3.63) is 18.0 Å². The predicted octanol–water partition coefficient (Wildman–Crippen LogP) is 1.46. The van der Waals surface area contributed by atoms with Gasteiger partial charge in [-0.2, -0.15) is 0 Å². The van der Waals surface area contributed by atoms with Crippen LogP contribution in [0.4, 0.5) is 4.79 Å². The predicted molar refractivity (Wildman–Crippen MR) is 67.5 cm³/mol. The molecule has 1 heterocycles. The third kappa shape index (κ3) is 5.41. The Kier molecular flexibility index (Phi) is 5.84. The lowest BCUT2D eigenvalue weighted by Gasteiger charge is -2.26. The molecule has 0 atom stereocenters.